The molecule has 0 radical (unpaired) electrons. The molecule has 0 spiro atoms. The minimum atomic E-state index is -0.664. The van der Waals surface area contributed by atoms with Gasteiger partial charge in [0.25, 0.3) is 0 Å². The second-order valence-corrected chi connectivity index (χ2v) is 7.73. The van der Waals surface area contributed by atoms with E-state index >= 15 is 0 Å². The molecule has 0 saturated heterocycles. The Labute approximate surface area is 166 Å². The summed E-state index contributed by atoms with van der Waals surface area (Å²) >= 11 is 1.53. The molecule has 3 N–H and O–H groups in total. The SMILES string of the molecule is Cn1ccnc1Sc1ccc(NC(=O)C(=O)NC2CCc3[nH]ncc3C2)cc1. The summed E-state index contributed by atoms with van der Waals surface area (Å²) in [5, 5.41) is 13.3. The first-order valence-electron chi connectivity index (χ1n) is 8.96. The monoisotopic (exact) mass is 396 g/mol. The molecule has 0 saturated carbocycles. The summed E-state index contributed by atoms with van der Waals surface area (Å²) in [6.45, 7) is 0. The molecule has 2 aromatic heterocycles. The highest BCUT2D eigenvalue weighted by Gasteiger charge is 2.24. The average molecular weight is 396 g/mol. The maximum atomic E-state index is 12.2. The largest absolute Gasteiger partial charge is 0.345 e. The van der Waals surface area contributed by atoms with Crippen molar-refractivity contribution < 1.29 is 9.59 Å². The van der Waals surface area contributed by atoms with E-state index in [-0.39, 0.29) is 6.04 Å². The third-order valence-electron chi connectivity index (χ3n) is 4.66. The molecule has 1 aromatic carbocycles. The Balaban J connectivity index is 1.30. The number of anilines is 1. The van der Waals surface area contributed by atoms with E-state index in [0.717, 1.165) is 34.2 Å². The number of aryl methyl sites for hydroxylation is 2. The molecule has 2 amide bonds. The van der Waals surface area contributed by atoms with Crippen LogP contribution in [-0.2, 0) is 29.5 Å². The van der Waals surface area contributed by atoms with Gasteiger partial charge in [0.05, 0.1) is 6.20 Å². The first kappa shape index (κ1) is 18.3. The summed E-state index contributed by atoms with van der Waals surface area (Å²) in [6, 6.07) is 7.26. The number of imidazole rings is 1. The van der Waals surface area contributed by atoms with Crippen LogP contribution in [0.15, 0.2) is 52.9 Å². The van der Waals surface area contributed by atoms with Gasteiger partial charge in [0.1, 0.15) is 0 Å². The third-order valence-corrected chi connectivity index (χ3v) is 5.74. The lowest BCUT2D eigenvalue weighted by atomic mass is 9.93. The van der Waals surface area contributed by atoms with E-state index in [1.54, 1.807) is 24.5 Å². The minimum absolute atomic E-state index is 0.0556. The van der Waals surface area contributed by atoms with Crippen LogP contribution in [0.4, 0.5) is 5.69 Å². The summed E-state index contributed by atoms with van der Waals surface area (Å²) in [7, 11) is 1.93. The van der Waals surface area contributed by atoms with Crippen molar-refractivity contribution >= 4 is 29.3 Å². The molecule has 1 aliphatic carbocycles. The molecule has 1 aliphatic rings. The molecule has 1 atom stereocenters. The predicted molar refractivity (Wildman–Crippen MR) is 105 cm³/mol. The van der Waals surface area contributed by atoms with Gasteiger partial charge < -0.3 is 15.2 Å². The maximum Gasteiger partial charge on any atom is 0.313 e. The maximum absolute atomic E-state index is 12.2. The number of H-pyrrole nitrogens is 1. The Hall–Kier alpha value is -3.07. The fourth-order valence-corrected chi connectivity index (χ4v) is 3.94. The van der Waals surface area contributed by atoms with Crippen LogP contribution in [-0.4, -0.2) is 37.6 Å². The Morgan fingerprint density at radius 3 is 2.82 bits per heavy atom. The Kier molecular flexibility index (Phi) is 5.16. The van der Waals surface area contributed by atoms with Crippen molar-refractivity contribution in [3.05, 3.63) is 54.1 Å². The van der Waals surface area contributed by atoms with E-state index in [1.807, 2.05) is 29.9 Å². The number of carbonyl (C=O) groups excluding carboxylic acids is 2. The molecule has 28 heavy (non-hydrogen) atoms. The van der Waals surface area contributed by atoms with Gasteiger partial charge in [-0.2, -0.15) is 5.10 Å². The van der Waals surface area contributed by atoms with E-state index in [2.05, 4.69) is 25.8 Å². The highest BCUT2D eigenvalue weighted by molar-refractivity contribution is 7.99. The van der Waals surface area contributed by atoms with Crippen molar-refractivity contribution in [3.63, 3.8) is 0 Å². The van der Waals surface area contributed by atoms with Crippen LogP contribution in [0.2, 0.25) is 0 Å². The molecule has 144 valence electrons. The standard InChI is InChI=1S/C19H20N6O2S/c1-25-9-8-20-19(25)28-15-5-2-13(3-6-15)22-17(26)18(27)23-14-4-7-16-12(10-14)11-21-24-16/h2-3,5-6,8-9,11,14H,4,7,10H2,1H3,(H,21,24)(H,22,26)(H,23,27). The van der Waals surface area contributed by atoms with Crippen LogP contribution < -0.4 is 10.6 Å². The van der Waals surface area contributed by atoms with E-state index in [9.17, 15) is 9.59 Å². The number of aromatic nitrogens is 4. The van der Waals surface area contributed by atoms with Crippen LogP contribution in [0.3, 0.4) is 0 Å². The first-order chi connectivity index (χ1) is 13.6. The van der Waals surface area contributed by atoms with Gasteiger partial charge in [-0.3, -0.25) is 14.7 Å². The van der Waals surface area contributed by atoms with Gasteiger partial charge in [0, 0.05) is 41.8 Å². The normalized spacial score (nSPS) is 15.7. The summed E-state index contributed by atoms with van der Waals surface area (Å²) in [4.78, 5) is 29.7. The van der Waals surface area contributed by atoms with Crippen molar-refractivity contribution in [2.45, 2.75) is 35.4 Å². The number of carbonyl (C=O) groups is 2. The lowest BCUT2D eigenvalue weighted by Gasteiger charge is -2.22. The molecule has 1 unspecified atom stereocenters. The zero-order chi connectivity index (χ0) is 19.5. The number of nitrogens with zero attached hydrogens (tertiary/aromatic N) is 3. The molecule has 9 heteroatoms. The summed E-state index contributed by atoms with van der Waals surface area (Å²) in [5.74, 6) is -1.29. The number of hydrogen-bond acceptors (Lipinski definition) is 5. The quantitative estimate of drug-likeness (QED) is 0.585. The molecule has 4 rings (SSSR count). The van der Waals surface area contributed by atoms with Crippen LogP contribution in [0.1, 0.15) is 17.7 Å². The van der Waals surface area contributed by atoms with E-state index in [1.165, 1.54) is 11.8 Å². The van der Waals surface area contributed by atoms with E-state index in [0.29, 0.717) is 12.1 Å². The zero-order valence-corrected chi connectivity index (χ0v) is 16.1. The number of amides is 2. The van der Waals surface area contributed by atoms with Crippen molar-refractivity contribution in [3.8, 4) is 0 Å². The molecule has 8 nitrogen and oxygen atoms in total. The zero-order valence-electron chi connectivity index (χ0n) is 15.3. The van der Waals surface area contributed by atoms with Crippen LogP contribution >= 0.6 is 11.8 Å². The number of rotatable bonds is 4. The van der Waals surface area contributed by atoms with Gasteiger partial charge in [-0.25, -0.2) is 4.98 Å². The predicted octanol–water partition coefficient (Wildman–Crippen LogP) is 1.91. The molecular weight excluding hydrogens is 376 g/mol. The topological polar surface area (TPSA) is 105 Å². The van der Waals surface area contributed by atoms with Gasteiger partial charge in [0.15, 0.2) is 5.16 Å². The van der Waals surface area contributed by atoms with Crippen molar-refractivity contribution in [2.24, 2.45) is 7.05 Å². The van der Waals surface area contributed by atoms with Gasteiger partial charge in [0.2, 0.25) is 0 Å². The highest BCUT2D eigenvalue weighted by Crippen LogP contribution is 2.26. The molecule has 2 heterocycles. The van der Waals surface area contributed by atoms with Crippen LogP contribution in [0.5, 0.6) is 0 Å². The highest BCUT2D eigenvalue weighted by atomic mass is 32.2. The Morgan fingerprint density at radius 1 is 1.25 bits per heavy atom. The van der Waals surface area contributed by atoms with E-state index in [4.69, 9.17) is 0 Å². The summed E-state index contributed by atoms with van der Waals surface area (Å²) in [5.41, 5.74) is 2.78. The van der Waals surface area contributed by atoms with Crippen molar-refractivity contribution in [1.29, 1.82) is 0 Å². The number of nitrogens with one attached hydrogen (secondary N) is 3. The second kappa shape index (κ2) is 7.89. The number of aromatic amines is 1. The average Bonchev–Trinajstić information content (AvgIpc) is 3.32. The summed E-state index contributed by atoms with van der Waals surface area (Å²) in [6.07, 6.45) is 7.69. The fraction of sp³-hybridized carbons (Fsp3) is 0.263. The minimum Gasteiger partial charge on any atom is -0.345 e. The second-order valence-electron chi connectivity index (χ2n) is 6.69. The van der Waals surface area contributed by atoms with E-state index < -0.39 is 11.8 Å². The fourth-order valence-electron chi connectivity index (χ4n) is 3.14. The lowest BCUT2D eigenvalue weighted by Crippen LogP contribution is -2.44. The van der Waals surface area contributed by atoms with Crippen molar-refractivity contribution in [2.75, 3.05) is 5.32 Å². The lowest BCUT2D eigenvalue weighted by molar-refractivity contribution is -0.136. The number of benzene rings is 1. The molecule has 3 aromatic rings. The molecule has 0 bridgehead atoms. The van der Waals surface area contributed by atoms with Gasteiger partial charge >= 0.3 is 11.8 Å². The number of fused-ring (bicyclic) bond motifs is 1. The van der Waals surface area contributed by atoms with Crippen LogP contribution in [0, 0.1) is 0 Å². The third kappa shape index (κ3) is 4.09. The van der Waals surface area contributed by atoms with Gasteiger partial charge in [-0.05, 0) is 49.1 Å². The van der Waals surface area contributed by atoms with Crippen LogP contribution in [0.25, 0.3) is 0 Å². The molecular formula is C19H20N6O2S. The number of hydrogen-bond donors (Lipinski definition) is 3. The van der Waals surface area contributed by atoms with Gasteiger partial charge in [-0.15, -0.1) is 0 Å². The molecule has 0 aliphatic heterocycles. The Morgan fingerprint density at radius 2 is 2.07 bits per heavy atom. The summed E-state index contributed by atoms with van der Waals surface area (Å²) < 4.78 is 1.93. The molecule has 0 fully saturated rings. The van der Waals surface area contributed by atoms with Gasteiger partial charge in [-0.1, -0.05) is 11.8 Å². The first-order valence-corrected chi connectivity index (χ1v) is 9.78. The Bertz CT molecular complexity index is 994. The smallest absolute Gasteiger partial charge is 0.313 e. The van der Waals surface area contributed by atoms with Crippen molar-refractivity contribution in [1.82, 2.24) is 25.1 Å².